The molecule has 0 aliphatic carbocycles. The van der Waals surface area contributed by atoms with Crippen LogP contribution < -0.4 is 17.6 Å². The molecule has 0 spiro atoms. The Bertz CT molecular complexity index is 4490. The zero-order chi connectivity index (χ0) is 69.2. The number of nitrogens with one attached hydrogen (secondary N) is 1. The van der Waals surface area contributed by atoms with Crippen molar-refractivity contribution in [3.8, 4) is 0 Å². The molecular weight excluding hydrogens is 1340 g/mol. The van der Waals surface area contributed by atoms with Gasteiger partial charge in [0.05, 0.1) is 56.6 Å². The molecule has 496 valence electrons. The van der Waals surface area contributed by atoms with Gasteiger partial charge < -0.3 is 18.9 Å². The van der Waals surface area contributed by atoms with E-state index < -0.39 is 75.5 Å². The van der Waals surface area contributed by atoms with E-state index >= 15 is 0 Å². The van der Waals surface area contributed by atoms with Crippen LogP contribution in [-0.4, -0.2) is 103 Å². The molecular formula is C66H75BrN6O16S4. The van der Waals surface area contributed by atoms with Gasteiger partial charge in [-0.1, -0.05) is 135 Å². The smallest absolute Gasteiger partial charge is 0.429 e. The standard InChI is InChI=1S/C33H37N3O8S2.C28H29N3O6S2.C5H9BrO2/c1-8-43-31(37)24(4)35(45(39,40)25-17-13-22(2)14-18-25)30-28-12-10-9-11-27(28)29(21-34-30)36(32(38)44-33(5,6)7)46(41,42)26-19-15-23(3)16-20-26;1-19-10-14-21(15-11-19)38(33,34)30-26-24-9-7-6-8-23(24)25(18-29-26)31(27(32)37-28(3,4)5)39(35,36)22-16-12-20(2)13-17-22;1-3-8-5(7)4(2)6/h9-21,24H,8H2,1-7H3;6-18H,1-5H3,(H,29,30);4H,3H2,1-2H3. The summed E-state index contributed by atoms with van der Waals surface area (Å²) in [5.41, 5.74) is 1.07. The van der Waals surface area contributed by atoms with Crippen LogP contribution in [0, 0.1) is 27.7 Å². The number of hydrogen-bond donors (Lipinski definition) is 1. The van der Waals surface area contributed by atoms with Gasteiger partial charge in [-0.3, -0.25) is 9.52 Å². The number of pyridine rings is 2. The zero-order valence-electron chi connectivity index (χ0n) is 53.9. The number of benzene rings is 6. The summed E-state index contributed by atoms with van der Waals surface area (Å²) in [6, 6.07) is 35.8. The number of ether oxygens (including phenoxy) is 4. The average molecular weight is 1420 g/mol. The number of hydrogen-bond acceptors (Lipinski definition) is 18. The monoisotopic (exact) mass is 1410 g/mol. The molecule has 93 heavy (non-hydrogen) atoms. The molecule has 2 amide bonds. The Morgan fingerprint density at radius 2 is 0.806 bits per heavy atom. The molecule has 22 nitrogen and oxygen atoms in total. The second kappa shape index (κ2) is 30.1. The highest BCUT2D eigenvalue weighted by molar-refractivity contribution is 9.10. The third kappa shape index (κ3) is 18.2. The second-order valence-corrected chi connectivity index (χ2v) is 31.4. The first-order valence-corrected chi connectivity index (χ1v) is 35.7. The number of carbonyl (C=O) groups excluding carboxylic acids is 4. The molecule has 1 N–H and O–H groups in total. The molecule has 6 aromatic carbocycles. The summed E-state index contributed by atoms with van der Waals surface area (Å²) in [6.07, 6.45) is -0.0757. The number of amides is 2. The fourth-order valence-electron chi connectivity index (χ4n) is 8.66. The summed E-state index contributed by atoms with van der Waals surface area (Å²) in [5.74, 6) is -1.21. The molecule has 2 atom stereocenters. The minimum atomic E-state index is -4.57. The number of fused-ring (bicyclic) bond motifs is 2. The molecule has 0 bridgehead atoms. The van der Waals surface area contributed by atoms with E-state index in [9.17, 15) is 52.8 Å². The van der Waals surface area contributed by atoms with Crippen molar-refractivity contribution >= 4 is 125 Å². The van der Waals surface area contributed by atoms with Gasteiger partial charge in [0.1, 0.15) is 27.9 Å². The van der Waals surface area contributed by atoms with Crippen molar-refractivity contribution in [3.63, 3.8) is 0 Å². The van der Waals surface area contributed by atoms with Crippen LogP contribution in [-0.2, 0) is 68.6 Å². The highest BCUT2D eigenvalue weighted by Crippen LogP contribution is 2.40. The van der Waals surface area contributed by atoms with Crippen LogP contribution >= 0.6 is 15.9 Å². The van der Waals surface area contributed by atoms with Crippen molar-refractivity contribution in [1.82, 2.24) is 9.97 Å². The van der Waals surface area contributed by atoms with Crippen LogP contribution in [0.3, 0.4) is 0 Å². The lowest BCUT2D eigenvalue weighted by atomic mass is 10.1. The number of rotatable bonds is 17. The lowest BCUT2D eigenvalue weighted by Gasteiger charge is -2.31. The predicted molar refractivity (Wildman–Crippen MR) is 362 cm³/mol. The number of esters is 2. The number of aromatic nitrogens is 2. The van der Waals surface area contributed by atoms with Crippen molar-refractivity contribution in [2.45, 2.75) is 139 Å². The summed E-state index contributed by atoms with van der Waals surface area (Å²) in [4.78, 5) is 58.7. The van der Waals surface area contributed by atoms with Gasteiger partial charge in [-0.2, -0.15) is 8.61 Å². The van der Waals surface area contributed by atoms with Crippen LogP contribution in [0.15, 0.2) is 178 Å². The summed E-state index contributed by atoms with van der Waals surface area (Å²) in [7, 11) is -17.4. The first-order chi connectivity index (χ1) is 43.4. The second-order valence-electron chi connectivity index (χ2n) is 23.0. The zero-order valence-corrected chi connectivity index (χ0v) is 58.7. The number of sulfonamides is 4. The van der Waals surface area contributed by atoms with Gasteiger partial charge >= 0.3 is 24.1 Å². The molecule has 0 radical (unpaired) electrons. The average Bonchev–Trinajstić information content (AvgIpc) is 0.753. The van der Waals surface area contributed by atoms with Gasteiger partial charge in [-0.05, 0) is 145 Å². The normalized spacial score (nSPS) is 12.5. The van der Waals surface area contributed by atoms with Crippen LogP contribution in [0.25, 0.3) is 21.5 Å². The molecule has 0 aliphatic rings. The maximum Gasteiger partial charge on any atom is 0.429 e. The number of carbonyl (C=O) groups is 4. The van der Waals surface area contributed by atoms with Crippen molar-refractivity contribution in [1.29, 1.82) is 0 Å². The third-order valence-corrected chi connectivity index (χ3v) is 20.1. The van der Waals surface area contributed by atoms with Crippen molar-refractivity contribution < 1.29 is 71.8 Å². The van der Waals surface area contributed by atoms with Crippen LogP contribution in [0.4, 0.5) is 32.6 Å². The van der Waals surface area contributed by atoms with E-state index in [4.69, 9.17) is 14.2 Å². The van der Waals surface area contributed by atoms with Crippen molar-refractivity contribution in [2.75, 3.05) is 30.9 Å². The van der Waals surface area contributed by atoms with Crippen molar-refractivity contribution in [2.24, 2.45) is 0 Å². The number of aryl methyl sites for hydroxylation is 4. The van der Waals surface area contributed by atoms with Gasteiger partial charge in [-0.15, -0.1) is 0 Å². The van der Waals surface area contributed by atoms with Gasteiger partial charge in [0, 0.05) is 21.5 Å². The molecule has 0 saturated carbocycles. The number of halogens is 1. The van der Waals surface area contributed by atoms with Crippen LogP contribution in [0.1, 0.15) is 91.5 Å². The summed E-state index contributed by atoms with van der Waals surface area (Å²) >= 11 is 3.07. The predicted octanol–water partition coefficient (Wildman–Crippen LogP) is 13.2. The summed E-state index contributed by atoms with van der Waals surface area (Å²) < 4.78 is 136. The lowest BCUT2D eigenvalue weighted by molar-refractivity contribution is -0.144. The highest BCUT2D eigenvalue weighted by atomic mass is 79.9. The van der Waals surface area contributed by atoms with Gasteiger partial charge in [0.2, 0.25) is 0 Å². The molecule has 8 rings (SSSR count). The van der Waals surface area contributed by atoms with E-state index in [2.05, 4.69) is 35.4 Å². The van der Waals surface area contributed by atoms with E-state index in [0.717, 1.165) is 39.0 Å². The molecule has 27 heteroatoms. The first kappa shape index (κ1) is 73.6. The maximum absolute atomic E-state index is 14.2. The minimum absolute atomic E-state index is 0.0103. The third-order valence-electron chi connectivity index (χ3n) is 13.1. The van der Waals surface area contributed by atoms with E-state index in [1.165, 1.54) is 67.6 Å². The van der Waals surface area contributed by atoms with E-state index in [1.807, 2.05) is 20.8 Å². The van der Waals surface area contributed by atoms with Crippen molar-refractivity contribution in [3.05, 3.63) is 180 Å². The topological polar surface area (TPSA) is 289 Å². The number of anilines is 4. The van der Waals surface area contributed by atoms with Gasteiger partial charge in [0.25, 0.3) is 40.1 Å². The Hall–Kier alpha value is -8.50. The Kier molecular flexibility index (Phi) is 23.8. The summed E-state index contributed by atoms with van der Waals surface area (Å²) in [6.45, 7) is 23.9. The molecule has 8 aromatic rings. The Balaban J connectivity index is 0.000000266. The molecule has 2 aromatic heterocycles. The van der Waals surface area contributed by atoms with E-state index in [1.54, 1.807) is 154 Å². The lowest BCUT2D eigenvalue weighted by Crippen LogP contribution is -2.45. The van der Waals surface area contributed by atoms with E-state index in [0.29, 0.717) is 20.6 Å². The highest BCUT2D eigenvalue weighted by Gasteiger charge is 2.41. The van der Waals surface area contributed by atoms with Crippen LogP contribution in [0.5, 0.6) is 0 Å². The van der Waals surface area contributed by atoms with Crippen LogP contribution in [0.2, 0.25) is 0 Å². The van der Waals surface area contributed by atoms with E-state index in [-0.39, 0.29) is 76.2 Å². The largest absolute Gasteiger partial charge is 0.465 e. The molecule has 2 heterocycles. The quantitative estimate of drug-likeness (QED) is 0.0503. The Labute approximate surface area is 552 Å². The first-order valence-electron chi connectivity index (χ1n) is 29.0. The molecule has 0 fully saturated rings. The Morgan fingerprint density at radius 3 is 1.17 bits per heavy atom. The number of alkyl halides is 1. The molecule has 2 unspecified atom stereocenters. The molecule has 0 saturated heterocycles. The summed E-state index contributed by atoms with van der Waals surface area (Å²) in [5, 5.41) is 0.878. The van der Waals surface area contributed by atoms with Gasteiger partial charge in [-0.25, -0.2) is 62.3 Å². The van der Waals surface area contributed by atoms with Gasteiger partial charge in [0.15, 0.2) is 5.82 Å². The Morgan fingerprint density at radius 1 is 0.473 bits per heavy atom. The fraction of sp³-hybridized carbons (Fsp3) is 0.303. The maximum atomic E-state index is 14.2. The minimum Gasteiger partial charge on any atom is -0.465 e. The SMILES string of the molecule is CCOC(=O)C(C)Br.CCOC(=O)C(C)N(c1ncc(N(C(=O)OC(C)(C)C)S(=O)(=O)c2ccc(C)cc2)c2ccccc12)S(=O)(=O)c1ccc(C)cc1.Cc1ccc(S(=O)(=O)Nc2ncc(N(C(=O)OC(C)(C)C)S(=O)(=O)c3ccc(C)cc3)c3ccccc23)cc1. The number of nitrogens with zero attached hydrogens (tertiary/aromatic N) is 5. The molecule has 0 aliphatic heterocycles. The fourth-order valence-corrected chi connectivity index (χ4v) is 14.1.